The zero-order chi connectivity index (χ0) is 14.8. The van der Waals surface area contributed by atoms with Gasteiger partial charge in [-0.1, -0.05) is 51.1 Å². The lowest BCUT2D eigenvalue weighted by Gasteiger charge is -2.31. The van der Waals surface area contributed by atoms with E-state index in [2.05, 4.69) is 56.4 Å². The maximum atomic E-state index is 6.13. The van der Waals surface area contributed by atoms with E-state index in [1.807, 2.05) is 0 Å². The van der Waals surface area contributed by atoms with Gasteiger partial charge in [0.1, 0.15) is 0 Å². The molecule has 3 heteroatoms. The summed E-state index contributed by atoms with van der Waals surface area (Å²) in [6.07, 6.45) is 1.11. The second-order valence-corrected chi connectivity index (χ2v) is 5.37. The predicted molar refractivity (Wildman–Crippen MR) is 83.9 cm³/mol. The van der Waals surface area contributed by atoms with E-state index in [0.29, 0.717) is 5.92 Å². The lowest BCUT2D eigenvalue weighted by Crippen LogP contribution is -2.37. The van der Waals surface area contributed by atoms with Crippen LogP contribution in [-0.2, 0) is 9.47 Å². The molecule has 0 aliphatic carbocycles. The van der Waals surface area contributed by atoms with Gasteiger partial charge in [0.05, 0.1) is 12.1 Å². The zero-order valence-electron chi connectivity index (χ0n) is 13.3. The molecule has 114 valence electrons. The first kappa shape index (κ1) is 17.2. The molecule has 3 nitrogen and oxygen atoms in total. The van der Waals surface area contributed by atoms with Gasteiger partial charge in [-0.05, 0) is 24.4 Å². The number of methoxy groups -OCH3 is 1. The largest absolute Gasteiger partial charge is 0.385 e. The normalized spacial score (nSPS) is 14.4. The van der Waals surface area contributed by atoms with E-state index in [0.717, 1.165) is 26.2 Å². The van der Waals surface area contributed by atoms with Gasteiger partial charge in [0.25, 0.3) is 0 Å². The van der Waals surface area contributed by atoms with Crippen LogP contribution >= 0.6 is 0 Å². The summed E-state index contributed by atoms with van der Waals surface area (Å²) in [6, 6.07) is 10.8. The predicted octanol–water partition coefficient (Wildman–Crippen LogP) is 3.41. The van der Waals surface area contributed by atoms with E-state index in [1.165, 1.54) is 5.56 Å². The van der Waals surface area contributed by atoms with Crippen LogP contribution in [0.5, 0.6) is 0 Å². The van der Waals surface area contributed by atoms with Crippen LogP contribution in [0.3, 0.4) is 0 Å². The molecular weight excluding hydrogens is 250 g/mol. The molecule has 0 heterocycles. The van der Waals surface area contributed by atoms with Gasteiger partial charge in [-0.3, -0.25) is 0 Å². The van der Waals surface area contributed by atoms with Crippen molar-refractivity contribution in [3.05, 3.63) is 35.9 Å². The smallest absolute Gasteiger partial charge is 0.0792 e. The van der Waals surface area contributed by atoms with Crippen molar-refractivity contribution in [1.82, 2.24) is 5.32 Å². The first-order chi connectivity index (χ1) is 9.70. The van der Waals surface area contributed by atoms with Gasteiger partial charge in [0.15, 0.2) is 0 Å². The average molecular weight is 279 g/mol. The Balaban J connectivity index is 2.73. The van der Waals surface area contributed by atoms with Crippen molar-refractivity contribution >= 4 is 0 Å². The maximum Gasteiger partial charge on any atom is 0.0792 e. The SMILES string of the molecule is CCNC(c1ccccc1)C(OCCCOC)C(C)C. The molecule has 1 aromatic carbocycles. The molecule has 2 atom stereocenters. The minimum absolute atomic E-state index is 0.175. The standard InChI is InChI=1S/C17H29NO2/c1-5-18-16(15-10-7-6-8-11-15)17(14(2)3)20-13-9-12-19-4/h6-8,10-11,14,16-18H,5,9,12-13H2,1-4H3. The highest BCUT2D eigenvalue weighted by atomic mass is 16.5. The number of benzene rings is 1. The Bertz CT molecular complexity index is 340. The Hall–Kier alpha value is -0.900. The van der Waals surface area contributed by atoms with E-state index < -0.39 is 0 Å². The van der Waals surface area contributed by atoms with E-state index >= 15 is 0 Å². The van der Waals surface area contributed by atoms with Crippen molar-refractivity contribution in [2.75, 3.05) is 26.9 Å². The number of likely N-dealkylation sites (N-methyl/N-ethyl adjacent to an activating group) is 1. The lowest BCUT2D eigenvalue weighted by atomic mass is 9.93. The van der Waals surface area contributed by atoms with Crippen molar-refractivity contribution in [2.45, 2.75) is 39.3 Å². The van der Waals surface area contributed by atoms with Crippen LogP contribution in [0.25, 0.3) is 0 Å². The Labute approximate surface area is 123 Å². The number of nitrogens with one attached hydrogen (secondary N) is 1. The zero-order valence-corrected chi connectivity index (χ0v) is 13.3. The molecule has 2 unspecified atom stereocenters. The maximum absolute atomic E-state index is 6.13. The second kappa shape index (κ2) is 9.92. The van der Waals surface area contributed by atoms with Crippen molar-refractivity contribution in [1.29, 1.82) is 0 Å². The van der Waals surface area contributed by atoms with Gasteiger partial charge in [0.2, 0.25) is 0 Å². The molecule has 0 amide bonds. The van der Waals surface area contributed by atoms with Gasteiger partial charge in [0, 0.05) is 20.3 Å². The molecule has 1 aromatic rings. The number of hydrogen-bond acceptors (Lipinski definition) is 3. The summed E-state index contributed by atoms with van der Waals surface area (Å²) in [5.41, 5.74) is 1.29. The minimum Gasteiger partial charge on any atom is -0.385 e. The highest BCUT2D eigenvalue weighted by Gasteiger charge is 2.25. The van der Waals surface area contributed by atoms with Crippen molar-refractivity contribution in [3.63, 3.8) is 0 Å². The summed E-state index contributed by atoms with van der Waals surface area (Å²) in [4.78, 5) is 0. The fourth-order valence-electron chi connectivity index (χ4n) is 2.40. The topological polar surface area (TPSA) is 30.5 Å². The third-order valence-electron chi connectivity index (χ3n) is 3.37. The first-order valence-corrected chi connectivity index (χ1v) is 7.59. The third-order valence-corrected chi connectivity index (χ3v) is 3.37. The molecule has 0 saturated carbocycles. The Morgan fingerprint density at radius 1 is 1.10 bits per heavy atom. The summed E-state index contributed by atoms with van der Waals surface area (Å²) in [5, 5.41) is 3.56. The molecule has 0 bridgehead atoms. The summed E-state index contributed by atoms with van der Waals surface area (Å²) in [7, 11) is 1.73. The Kier molecular flexibility index (Phi) is 8.51. The van der Waals surface area contributed by atoms with Crippen molar-refractivity contribution in [3.8, 4) is 0 Å². The molecule has 0 radical (unpaired) electrons. The van der Waals surface area contributed by atoms with Crippen molar-refractivity contribution < 1.29 is 9.47 Å². The quantitative estimate of drug-likeness (QED) is 0.666. The van der Waals surface area contributed by atoms with Gasteiger partial charge in [-0.25, -0.2) is 0 Å². The number of ether oxygens (including phenoxy) is 2. The minimum atomic E-state index is 0.175. The monoisotopic (exact) mass is 279 g/mol. The van der Waals surface area contributed by atoms with Crippen LogP contribution < -0.4 is 5.32 Å². The van der Waals surface area contributed by atoms with Gasteiger partial charge in [-0.15, -0.1) is 0 Å². The van der Waals surface area contributed by atoms with Crippen LogP contribution in [0.1, 0.15) is 38.8 Å². The summed E-state index contributed by atoms with van der Waals surface area (Å²) in [6.45, 7) is 9.00. The molecule has 0 aliphatic heterocycles. The Morgan fingerprint density at radius 3 is 2.35 bits per heavy atom. The van der Waals surface area contributed by atoms with E-state index in [9.17, 15) is 0 Å². The molecule has 0 aliphatic rings. The van der Waals surface area contributed by atoms with Gasteiger partial charge >= 0.3 is 0 Å². The van der Waals surface area contributed by atoms with Crippen LogP contribution in [0.4, 0.5) is 0 Å². The average Bonchev–Trinajstić information content (AvgIpc) is 2.46. The third kappa shape index (κ3) is 5.61. The van der Waals surface area contributed by atoms with Gasteiger partial charge in [-0.2, -0.15) is 0 Å². The van der Waals surface area contributed by atoms with Crippen LogP contribution in [-0.4, -0.2) is 33.0 Å². The Morgan fingerprint density at radius 2 is 1.80 bits per heavy atom. The summed E-state index contributed by atoms with van der Waals surface area (Å²) < 4.78 is 11.2. The molecular formula is C17H29NO2. The van der Waals surface area contributed by atoms with Crippen LogP contribution in [0, 0.1) is 5.92 Å². The van der Waals surface area contributed by atoms with Crippen molar-refractivity contribution in [2.24, 2.45) is 5.92 Å². The molecule has 1 rings (SSSR count). The highest BCUT2D eigenvalue weighted by Crippen LogP contribution is 2.25. The summed E-state index contributed by atoms with van der Waals surface area (Å²) >= 11 is 0. The van der Waals surface area contributed by atoms with E-state index in [-0.39, 0.29) is 12.1 Å². The van der Waals surface area contributed by atoms with Gasteiger partial charge < -0.3 is 14.8 Å². The van der Waals surface area contributed by atoms with Crippen LogP contribution in [0.2, 0.25) is 0 Å². The molecule has 20 heavy (non-hydrogen) atoms. The molecule has 0 saturated heterocycles. The molecule has 0 aromatic heterocycles. The lowest BCUT2D eigenvalue weighted by molar-refractivity contribution is -0.0113. The van der Waals surface area contributed by atoms with Crippen LogP contribution in [0.15, 0.2) is 30.3 Å². The number of rotatable bonds is 10. The fourth-order valence-corrected chi connectivity index (χ4v) is 2.40. The summed E-state index contributed by atoms with van der Waals surface area (Å²) in [5.74, 6) is 0.460. The molecule has 1 N–H and O–H groups in total. The first-order valence-electron chi connectivity index (χ1n) is 7.59. The second-order valence-electron chi connectivity index (χ2n) is 5.37. The fraction of sp³-hybridized carbons (Fsp3) is 0.647. The molecule has 0 fully saturated rings. The number of hydrogen-bond donors (Lipinski definition) is 1. The molecule has 0 spiro atoms. The highest BCUT2D eigenvalue weighted by molar-refractivity contribution is 5.20. The van der Waals surface area contributed by atoms with E-state index in [1.54, 1.807) is 7.11 Å². The van der Waals surface area contributed by atoms with E-state index in [4.69, 9.17) is 9.47 Å².